The molecule has 1 heterocycles. The van der Waals surface area contributed by atoms with Crippen LogP contribution >= 0.6 is 11.3 Å². The highest BCUT2D eigenvalue weighted by molar-refractivity contribution is 7.11. The normalized spacial score (nSPS) is 15.2. The standard InChI is InChI=1S/C13H25N3S/c1-5-11-8-16-13(17-11)10(4)15-7-6-12(14)9(2)3/h8-10,12,15H,5-7,14H2,1-4H3. The molecule has 0 saturated carbocycles. The number of aromatic nitrogens is 1. The minimum absolute atomic E-state index is 0.289. The van der Waals surface area contributed by atoms with Gasteiger partial charge in [-0.05, 0) is 32.2 Å². The van der Waals surface area contributed by atoms with Crippen molar-refractivity contribution < 1.29 is 0 Å². The number of nitrogens with zero attached hydrogens (tertiary/aromatic N) is 1. The van der Waals surface area contributed by atoms with Gasteiger partial charge in [-0.2, -0.15) is 0 Å². The van der Waals surface area contributed by atoms with E-state index in [2.05, 4.69) is 38.0 Å². The lowest BCUT2D eigenvalue weighted by molar-refractivity contribution is 0.435. The fourth-order valence-corrected chi connectivity index (χ4v) is 2.46. The van der Waals surface area contributed by atoms with Crippen LogP contribution in [0.25, 0.3) is 0 Å². The first kappa shape index (κ1) is 14.6. The van der Waals surface area contributed by atoms with Crippen molar-refractivity contribution in [3.8, 4) is 0 Å². The number of aryl methyl sites for hydroxylation is 1. The number of thiazole rings is 1. The van der Waals surface area contributed by atoms with E-state index in [1.807, 2.05) is 6.20 Å². The molecule has 0 spiro atoms. The molecule has 2 unspecified atom stereocenters. The molecule has 0 aliphatic heterocycles. The van der Waals surface area contributed by atoms with Crippen molar-refractivity contribution in [1.82, 2.24) is 10.3 Å². The zero-order valence-electron chi connectivity index (χ0n) is 11.4. The minimum atomic E-state index is 0.289. The van der Waals surface area contributed by atoms with Gasteiger partial charge in [0.2, 0.25) is 0 Å². The summed E-state index contributed by atoms with van der Waals surface area (Å²) >= 11 is 1.80. The number of nitrogens with one attached hydrogen (secondary N) is 1. The Morgan fingerprint density at radius 1 is 1.41 bits per heavy atom. The molecule has 98 valence electrons. The second-order valence-corrected chi connectivity index (χ2v) is 6.04. The first-order chi connectivity index (χ1) is 8.04. The molecule has 0 fully saturated rings. The van der Waals surface area contributed by atoms with E-state index < -0.39 is 0 Å². The summed E-state index contributed by atoms with van der Waals surface area (Å²) in [6, 6.07) is 0.622. The van der Waals surface area contributed by atoms with Gasteiger partial charge in [-0.1, -0.05) is 20.8 Å². The second kappa shape index (κ2) is 7.09. The van der Waals surface area contributed by atoms with Gasteiger partial charge in [-0.3, -0.25) is 0 Å². The van der Waals surface area contributed by atoms with Gasteiger partial charge >= 0.3 is 0 Å². The van der Waals surface area contributed by atoms with Crippen LogP contribution in [0.1, 0.15) is 50.0 Å². The summed E-state index contributed by atoms with van der Waals surface area (Å²) in [4.78, 5) is 5.80. The molecular weight excluding hydrogens is 230 g/mol. The van der Waals surface area contributed by atoms with E-state index in [9.17, 15) is 0 Å². The molecular formula is C13H25N3S. The van der Waals surface area contributed by atoms with E-state index in [0.717, 1.165) is 19.4 Å². The topological polar surface area (TPSA) is 50.9 Å². The maximum Gasteiger partial charge on any atom is 0.109 e. The summed E-state index contributed by atoms with van der Waals surface area (Å²) in [5.41, 5.74) is 6.01. The van der Waals surface area contributed by atoms with E-state index in [0.29, 0.717) is 12.0 Å². The van der Waals surface area contributed by atoms with Crippen molar-refractivity contribution in [2.75, 3.05) is 6.54 Å². The molecule has 4 heteroatoms. The first-order valence-electron chi connectivity index (χ1n) is 6.48. The zero-order chi connectivity index (χ0) is 12.8. The molecule has 0 bridgehead atoms. The minimum Gasteiger partial charge on any atom is -0.327 e. The SMILES string of the molecule is CCc1cnc(C(C)NCCC(N)C(C)C)s1. The summed E-state index contributed by atoms with van der Waals surface area (Å²) in [7, 11) is 0. The summed E-state index contributed by atoms with van der Waals surface area (Å²) in [6.07, 6.45) is 4.08. The average Bonchev–Trinajstić information content (AvgIpc) is 2.77. The van der Waals surface area contributed by atoms with Crippen LogP contribution in [0.5, 0.6) is 0 Å². The molecule has 0 amide bonds. The van der Waals surface area contributed by atoms with Crippen LogP contribution in [0.4, 0.5) is 0 Å². The smallest absolute Gasteiger partial charge is 0.109 e. The molecule has 0 saturated heterocycles. The van der Waals surface area contributed by atoms with Gasteiger partial charge in [0, 0.05) is 17.1 Å². The predicted octanol–water partition coefficient (Wildman–Crippen LogP) is 2.73. The van der Waals surface area contributed by atoms with Crippen molar-refractivity contribution >= 4 is 11.3 Å². The van der Waals surface area contributed by atoms with Crippen LogP contribution < -0.4 is 11.1 Å². The number of hydrogen-bond acceptors (Lipinski definition) is 4. The van der Waals surface area contributed by atoms with E-state index in [1.165, 1.54) is 9.88 Å². The van der Waals surface area contributed by atoms with E-state index in [1.54, 1.807) is 11.3 Å². The Labute approximate surface area is 109 Å². The summed E-state index contributed by atoms with van der Waals surface area (Å²) in [6.45, 7) is 9.63. The Hall–Kier alpha value is -0.450. The van der Waals surface area contributed by atoms with Crippen molar-refractivity contribution in [1.29, 1.82) is 0 Å². The van der Waals surface area contributed by atoms with Crippen LogP contribution in [0.15, 0.2) is 6.20 Å². The van der Waals surface area contributed by atoms with Gasteiger partial charge in [0.15, 0.2) is 0 Å². The van der Waals surface area contributed by atoms with Gasteiger partial charge in [0.1, 0.15) is 5.01 Å². The van der Waals surface area contributed by atoms with Crippen LogP contribution in [0.2, 0.25) is 0 Å². The Morgan fingerprint density at radius 3 is 2.65 bits per heavy atom. The highest BCUT2D eigenvalue weighted by Crippen LogP contribution is 2.20. The molecule has 3 N–H and O–H groups in total. The summed E-state index contributed by atoms with van der Waals surface area (Å²) in [5, 5.41) is 4.67. The predicted molar refractivity (Wildman–Crippen MR) is 75.3 cm³/mol. The largest absolute Gasteiger partial charge is 0.327 e. The second-order valence-electron chi connectivity index (χ2n) is 4.89. The lowest BCUT2D eigenvalue weighted by Crippen LogP contribution is -2.31. The third kappa shape index (κ3) is 4.74. The number of hydrogen-bond donors (Lipinski definition) is 2. The Bertz CT molecular complexity index is 322. The molecule has 17 heavy (non-hydrogen) atoms. The molecule has 2 atom stereocenters. The van der Waals surface area contributed by atoms with Gasteiger partial charge < -0.3 is 11.1 Å². The molecule has 0 aromatic carbocycles. The maximum atomic E-state index is 6.01. The first-order valence-corrected chi connectivity index (χ1v) is 7.29. The lowest BCUT2D eigenvalue weighted by Gasteiger charge is -2.17. The zero-order valence-corrected chi connectivity index (χ0v) is 12.2. The van der Waals surface area contributed by atoms with Gasteiger partial charge in [0.05, 0.1) is 6.04 Å². The van der Waals surface area contributed by atoms with Crippen molar-refractivity contribution in [2.24, 2.45) is 11.7 Å². The van der Waals surface area contributed by atoms with Crippen molar-refractivity contribution in [2.45, 2.75) is 52.6 Å². The molecule has 0 radical (unpaired) electrons. The molecule has 1 aromatic heterocycles. The highest BCUT2D eigenvalue weighted by Gasteiger charge is 2.11. The van der Waals surface area contributed by atoms with Crippen molar-refractivity contribution in [3.05, 3.63) is 16.1 Å². The molecule has 1 rings (SSSR count). The van der Waals surface area contributed by atoms with Crippen molar-refractivity contribution in [3.63, 3.8) is 0 Å². The number of rotatable bonds is 7. The van der Waals surface area contributed by atoms with E-state index in [4.69, 9.17) is 5.73 Å². The molecule has 1 aromatic rings. The van der Waals surface area contributed by atoms with E-state index in [-0.39, 0.29) is 6.04 Å². The summed E-state index contributed by atoms with van der Waals surface area (Å²) < 4.78 is 0. The van der Waals surface area contributed by atoms with Crippen LogP contribution in [0.3, 0.4) is 0 Å². The lowest BCUT2D eigenvalue weighted by atomic mass is 10.0. The Kier molecular flexibility index (Phi) is 6.09. The molecule has 0 aliphatic rings. The molecule has 3 nitrogen and oxygen atoms in total. The molecule has 0 aliphatic carbocycles. The monoisotopic (exact) mass is 255 g/mol. The van der Waals surface area contributed by atoms with Crippen LogP contribution in [-0.2, 0) is 6.42 Å². The van der Waals surface area contributed by atoms with E-state index >= 15 is 0 Å². The van der Waals surface area contributed by atoms with Gasteiger partial charge in [0.25, 0.3) is 0 Å². The quantitative estimate of drug-likeness (QED) is 0.787. The Morgan fingerprint density at radius 2 is 2.12 bits per heavy atom. The third-order valence-corrected chi connectivity index (χ3v) is 4.40. The fraction of sp³-hybridized carbons (Fsp3) is 0.769. The maximum absolute atomic E-state index is 6.01. The van der Waals surface area contributed by atoms with Gasteiger partial charge in [-0.25, -0.2) is 4.98 Å². The summed E-state index contributed by atoms with van der Waals surface area (Å²) in [5.74, 6) is 0.554. The van der Waals surface area contributed by atoms with Crippen LogP contribution in [-0.4, -0.2) is 17.6 Å². The van der Waals surface area contributed by atoms with Crippen LogP contribution in [0, 0.1) is 5.92 Å². The average molecular weight is 255 g/mol. The number of nitrogens with two attached hydrogens (primary N) is 1. The van der Waals surface area contributed by atoms with Gasteiger partial charge in [-0.15, -0.1) is 11.3 Å². The highest BCUT2D eigenvalue weighted by atomic mass is 32.1. The Balaban J connectivity index is 2.32. The third-order valence-electron chi connectivity index (χ3n) is 3.07. The fourth-order valence-electron chi connectivity index (χ4n) is 1.57.